The van der Waals surface area contributed by atoms with Gasteiger partial charge in [-0.15, -0.1) is 0 Å². The molecule has 0 aliphatic rings. The van der Waals surface area contributed by atoms with Crippen molar-refractivity contribution in [3.63, 3.8) is 0 Å². The van der Waals surface area contributed by atoms with Gasteiger partial charge in [0, 0.05) is 6.07 Å². The summed E-state index contributed by atoms with van der Waals surface area (Å²) in [5.41, 5.74) is 2.32. The standard InChI is InChI=1S/C27H31NO6/c1-5-6-12-20-15-23(29)33-21-13-18(4)14-22(24(20)21)34-26(30)25(17(2)3)28-27(31)32-16-19-10-8-7-9-11-19/h7-11,13-15,17,25H,5-6,12,16H2,1-4H3,(H,28,31)/t25-/m0/s1. The Labute approximate surface area is 199 Å². The van der Waals surface area contributed by atoms with Crippen LogP contribution in [-0.4, -0.2) is 18.1 Å². The first-order valence-electron chi connectivity index (χ1n) is 11.5. The van der Waals surface area contributed by atoms with Crippen LogP contribution in [0.2, 0.25) is 0 Å². The second-order valence-electron chi connectivity index (χ2n) is 8.68. The number of nitrogens with one attached hydrogen (secondary N) is 1. The van der Waals surface area contributed by atoms with Gasteiger partial charge in [0.15, 0.2) is 0 Å². The molecule has 0 aliphatic carbocycles. The Kier molecular flexibility index (Phi) is 8.46. The molecule has 0 unspecified atom stereocenters. The fraction of sp³-hybridized carbons (Fsp3) is 0.370. The SMILES string of the molecule is CCCCc1cc(=O)oc2cc(C)cc(OC(=O)[C@@H](NC(=O)OCc3ccccc3)C(C)C)c12. The summed E-state index contributed by atoms with van der Waals surface area (Å²) in [4.78, 5) is 37.6. The summed E-state index contributed by atoms with van der Waals surface area (Å²) in [6.07, 6.45) is 1.78. The zero-order valence-electron chi connectivity index (χ0n) is 20.1. The van der Waals surface area contributed by atoms with E-state index >= 15 is 0 Å². The molecule has 0 spiro atoms. The smallest absolute Gasteiger partial charge is 0.408 e. The van der Waals surface area contributed by atoms with Crippen LogP contribution in [0.4, 0.5) is 4.79 Å². The van der Waals surface area contributed by atoms with E-state index < -0.39 is 23.7 Å². The van der Waals surface area contributed by atoms with Crippen LogP contribution in [-0.2, 0) is 22.6 Å². The number of alkyl carbamates (subject to hydrolysis) is 1. The average molecular weight is 466 g/mol. The molecular formula is C27H31NO6. The third kappa shape index (κ3) is 6.47. The summed E-state index contributed by atoms with van der Waals surface area (Å²) >= 11 is 0. The number of fused-ring (bicyclic) bond motifs is 1. The van der Waals surface area contributed by atoms with E-state index in [1.54, 1.807) is 12.1 Å². The second kappa shape index (κ2) is 11.5. The van der Waals surface area contributed by atoms with E-state index in [0.29, 0.717) is 23.1 Å². The minimum Gasteiger partial charge on any atom is -0.445 e. The van der Waals surface area contributed by atoms with Gasteiger partial charge in [-0.25, -0.2) is 14.4 Å². The van der Waals surface area contributed by atoms with E-state index in [9.17, 15) is 14.4 Å². The Morgan fingerprint density at radius 3 is 2.50 bits per heavy atom. The van der Waals surface area contributed by atoms with Gasteiger partial charge < -0.3 is 19.2 Å². The number of unbranched alkanes of at least 4 members (excludes halogenated alkanes) is 1. The van der Waals surface area contributed by atoms with Crippen LogP contribution >= 0.6 is 0 Å². The van der Waals surface area contributed by atoms with Crippen molar-refractivity contribution in [1.82, 2.24) is 5.32 Å². The number of carbonyl (C=O) groups is 2. The predicted octanol–water partition coefficient (Wildman–Crippen LogP) is 5.30. The maximum absolute atomic E-state index is 13.1. The molecule has 1 N–H and O–H groups in total. The van der Waals surface area contributed by atoms with Gasteiger partial charge in [0.05, 0.1) is 5.39 Å². The molecule has 3 rings (SSSR count). The van der Waals surface area contributed by atoms with E-state index in [0.717, 1.165) is 29.5 Å². The molecule has 0 aliphatic heterocycles. The Morgan fingerprint density at radius 2 is 1.82 bits per heavy atom. The lowest BCUT2D eigenvalue weighted by molar-refractivity contribution is -0.137. The zero-order chi connectivity index (χ0) is 24.7. The number of carbonyl (C=O) groups excluding carboxylic acids is 2. The van der Waals surface area contributed by atoms with Crippen LogP contribution in [0.1, 0.15) is 50.3 Å². The predicted molar refractivity (Wildman–Crippen MR) is 130 cm³/mol. The molecule has 7 nitrogen and oxygen atoms in total. The topological polar surface area (TPSA) is 94.8 Å². The third-order valence-corrected chi connectivity index (χ3v) is 5.45. The zero-order valence-corrected chi connectivity index (χ0v) is 20.1. The van der Waals surface area contributed by atoms with E-state index in [-0.39, 0.29) is 12.5 Å². The first kappa shape index (κ1) is 25.0. The van der Waals surface area contributed by atoms with E-state index in [2.05, 4.69) is 12.2 Å². The lowest BCUT2D eigenvalue weighted by atomic mass is 10.0. The molecule has 0 saturated heterocycles. The molecule has 0 saturated carbocycles. The number of benzene rings is 2. The molecule has 7 heteroatoms. The number of aryl methyl sites for hydroxylation is 2. The molecular weight excluding hydrogens is 434 g/mol. The molecule has 2 aromatic carbocycles. The van der Waals surface area contributed by atoms with Crippen LogP contribution in [0.25, 0.3) is 11.0 Å². The second-order valence-corrected chi connectivity index (χ2v) is 8.68. The van der Waals surface area contributed by atoms with Crippen molar-refractivity contribution in [1.29, 1.82) is 0 Å². The number of ether oxygens (including phenoxy) is 2. The van der Waals surface area contributed by atoms with Crippen molar-refractivity contribution in [3.8, 4) is 5.75 Å². The Morgan fingerprint density at radius 1 is 1.09 bits per heavy atom. The number of rotatable bonds is 9. The van der Waals surface area contributed by atoms with Crippen molar-refractivity contribution in [2.75, 3.05) is 0 Å². The summed E-state index contributed by atoms with van der Waals surface area (Å²) in [6, 6.07) is 13.3. The lowest BCUT2D eigenvalue weighted by Gasteiger charge is -2.21. The highest BCUT2D eigenvalue weighted by molar-refractivity contribution is 5.91. The van der Waals surface area contributed by atoms with E-state index in [1.165, 1.54) is 6.07 Å². The molecule has 1 aromatic heterocycles. The van der Waals surface area contributed by atoms with Crippen LogP contribution in [0.3, 0.4) is 0 Å². The van der Waals surface area contributed by atoms with Gasteiger partial charge >= 0.3 is 17.7 Å². The average Bonchev–Trinajstić information content (AvgIpc) is 2.79. The maximum atomic E-state index is 13.1. The maximum Gasteiger partial charge on any atom is 0.408 e. The number of hydrogen-bond acceptors (Lipinski definition) is 6. The lowest BCUT2D eigenvalue weighted by Crippen LogP contribution is -2.46. The molecule has 1 heterocycles. The van der Waals surface area contributed by atoms with Crippen LogP contribution in [0.5, 0.6) is 5.75 Å². The van der Waals surface area contributed by atoms with Crippen molar-refractivity contribution in [3.05, 3.63) is 75.6 Å². The normalized spacial score (nSPS) is 11.9. The summed E-state index contributed by atoms with van der Waals surface area (Å²) < 4.78 is 16.4. The van der Waals surface area contributed by atoms with Crippen LogP contribution in [0, 0.1) is 12.8 Å². The quantitative estimate of drug-likeness (QED) is 0.262. The Bertz CT molecular complexity index is 1200. The van der Waals surface area contributed by atoms with Gasteiger partial charge in [-0.1, -0.05) is 57.5 Å². The fourth-order valence-electron chi connectivity index (χ4n) is 3.68. The Balaban J connectivity index is 1.82. The van der Waals surface area contributed by atoms with Gasteiger partial charge in [0.2, 0.25) is 0 Å². The van der Waals surface area contributed by atoms with Gasteiger partial charge in [-0.3, -0.25) is 0 Å². The van der Waals surface area contributed by atoms with Crippen LogP contribution in [0.15, 0.2) is 57.7 Å². The fourth-order valence-corrected chi connectivity index (χ4v) is 3.68. The highest BCUT2D eigenvalue weighted by atomic mass is 16.6. The van der Waals surface area contributed by atoms with Gasteiger partial charge in [-0.05, 0) is 54.5 Å². The first-order valence-corrected chi connectivity index (χ1v) is 11.5. The molecule has 34 heavy (non-hydrogen) atoms. The number of esters is 1. The Hall–Kier alpha value is -3.61. The monoisotopic (exact) mass is 465 g/mol. The van der Waals surface area contributed by atoms with E-state index in [4.69, 9.17) is 13.9 Å². The summed E-state index contributed by atoms with van der Waals surface area (Å²) in [5.74, 6) is -0.559. The molecule has 3 aromatic rings. The first-order chi connectivity index (χ1) is 16.3. The van der Waals surface area contributed by atoms with Gasteiger partial charge in [-0.2, -0.15) is 0 Å². The summed E-state index contributed by atoms with van der Waals surface area (Å²) in [7, 11) is 0. The minimum atomic E-state index is -0.923. The van der Waals surface area contributed by atoms with E-state index in [1.807, 2.05) is 51.1 Å². The van der Waals surface area contributed by atoms with Gasteiger partial charge in [0.25, 0.3) is 0 Å². The molecule has 0 bridgehead atoms. The molecule has 0 fully saturated rings. The van der Waals surface area contributed by atoms with Crippen molar-refractivity contribution < 1.29 is 23.5 Å². The molecule has 1 amide bonds. The summed E-state index contributed by atoms with van der Waals surface area (Å²) in [6.45, 7) is 7.60. The molecule has 0 radical (unpaired) electrons. The molecule has 1 atom stereocenters. The number of hydrogen-bond donors (Lipinski definition) is 1. The third-order valence-electron chi connectivity index (χ3n) is 5.45. The van der Waals surface area contributed by atoms with Crippen molar-refractivity contribution in [2.24, 2.45) is 5.92 Å². The minimum absolute atomic E-state index is 0.0921. The highest BCUT2D eigenvalue weighted by Gasteiger charge is 2.28. The van der Waals surface area contributed by atoms with Crippen LogP contribution < -0.4 is 15.7 Å². The highest BCUT2D eigenvalue weighted by Crippen LogP contribution is 2.31. The number of amides is 1. The van der Waals surface area contributed by atoms with Crippen molar-refractivity contribution >= 4 is 23.0 Å². The molecule has 180 valence electrons. The summed E-state index contributed by atoms with van der Waals surface area (Å²) in [5, 5.41) is 3.22. The van der Waals surface area contributed by atoms with Gasteiger partial charge in [0.1, 0.15) is 24.0 Å². The van der Waals surface area contributed by atoms with Crippen molar-refractivity contribution in [2.45, 2.75) is 59.6 Å². The largest absolute Gasteiger partial charge is 0.445 e.